The first kappa shape index (κ1) is 17.9. The van der Waals surface area contributed by atoms with E-state index in [1.165, 1.54) is 10.9 Å². The van der Waals surface area contributed by atoms with E-state index < -0.39 is 10.0 Å². The van der Waals surface area contributed by atoms with Crippen LogP contribution < -0.4 is 0 Å². The molecule has 27 heavy (non-hydrogen) atoms. The molecule has 1 atom stereocenters. The summed E-state index contributed by atoms with van der Waals surface area (Å²) >= 11 is 0. The van der Waals surface area contributed by atoms with Gasteiger partial charge in [0.1, 0.15) is 10.7 Å². The average Bonchev–Trinajstić information content (AvgIpc) is 3.32. The van der Waals surface area contributed by atoms with Gasteiger partial charge in [0, 0.05) is 63.6 Å². The van der Waals surface area contributed by atoms with E-state index in [-0.39, 0.29) is 10.8 Å². The molecule has 0 amide bonds. The second kappa shape index (κ2) is 7.24. The molecule has 4 heterocycles. The molecule has 1 aliphatic heterocycles. The second-order valence-corrected chi connectivity index (χ2v) is 8.76. The first-order valence-corrected chi connectivity index (χ1v) is 10.4. The normalized spacial score (nSPS) is 18.6. The van der Waals surface area contributed by atoms with Crippen LogP contribution in [0.2, 0.25) is 0 Å². The van der Waals surface area contributed by atoms with Gasteiger partial charge in [-0.1, -0.05) is 0 Å². The maximum atomic E-state index is 12.9. The Kier molecular flexibility index (Phi) is 4.79. The number of nitrogens with zero attached hydrogens (tertiary/aromatic N) is 6. The Bertz CT molecular complexity index is 1010. The zero-order valence-corrected chi connectivity index (χ0v) is 16.0. The van der Waals surface area contributed by atoms with Crippen LogP contribution in [0.3, 0.4) is 0 Å². The SMILES string of the molecule is Cn1cc(S(=O)(=O)N2CCC[C@@H](c3nccn3Cc3ccncc3)C2)cn1. The molecule has 142 valence electrons. The number of aryl methyl sites for hydroxylation is 1. The van der Waals surface area contributed by atoms with E-state index in [9.17, 15) is 8.42 Å². The van der Waals surface area contributed by atoms with Crippen molar-refractivity contribution in [3.05, 3.63) is 60.7 Å². The fourth-order valence-corrected chi connectivity index (χ4v) is 5.06. The van der Waals surface area contributed by atoms with Gasteiger partial charge >= 0.3 is 0 Å². The van der Waals surface area contributed by atoms with Crippen molar-refractivity contribution in [3.8, 4) is 0 Å². The van der Waals surface area contributed by atoms with Crippen LogP contribution in [0.5, 0.6) is 0 Å². The van der Waals surface area contributed by atoms with Gasteiger partial charge in [0.25, 0.3) is 0 Å². The van der Waals surface area contributed by atoms with Gasteiger partial charge in [-0.15, -0.1) is 0 Å². The number of pyridine rings is 1. The van der Waals surface area contributed by atoms with Crippen molar-refractivity contribution in [1.29, 1.82) is 0 Å². The average molecular weight is 386 g/mol. The molecular formula is C18H22N6O2S. The predicted molar refractivity (Wildman–Crippen MR) is 99.5 cm³/mol. The van der Waals surface area contributed by atoms with Crippen LogP contribution in [-0.4, -0.2) is 50.1 Å². The summed E-state index contributed by atoms with van der Waals surface area (Å²) in [7, 11) is -1.82. The molecule has 8 nitrogen and oxygen atoms in total. The zero-order valence-electron chi connectivity index (χ0n) is 15.1. The van der Waals surface area contributed by atoms with Crippen molar-refractivity contribution in [2.24, 2.45) is 7.05 Å². The van der Waals surface area contributed by atoms with Gasteiger partial charge in [-0.2, -0.15) is 9.40 Å². The Balaban J connectivity index is 1.55. The largest absolute Gasteiger partial charge is 0.330 e. The molecule has 0 N–H and O–H groups in total. The fraction of sp³-hybridized carbons (Fsp3) is 0.389. The maximum absolute atomic E-state index is 12.9. The topological polar surface area (TPSA) is 85.9 Å². The van der Waals surface area contributed by atoms with Crippen LogP contribution in [-0.2, 0) is 23.6 Å². The van der Waals surface area contributed by atoms with Gasteiger partial charge in [0.2, 0.25) is 10.0 Å². The Morgan fingerprint density at radius 1 is 1.22 bits per heavy atom. The molecule has 4 rings (SSSR count). The molecule has 3 aromatic heterocycles. The van der Waals surface area contributed by atoms with Gasteiger partial charge in [-0.3, -0.25) is 9.67 Å². The second-order valence-electron chi connectivity index (χ2n) is 6.82. The smallest absolute Gasteiger partial charge is 0.246 e. The fourth-order valence-electron chi connectivity index (χ4n) is 3.55. The Labute approximate surface area is 158 Å². The van der Waals surface area contributed by atoms with E-state index in [2.05, 4.69) is 19.6 Å². The minimum atomic E-state index is -3.53. The third-order valence-electron chi connectivity index (χ3n) is 4.92. The van der Waals surface area contributed by atoms with Gasteiger partial charge < -0.3 is 4.57 Å². The summed E-state index contributed by atoms with van der Waals surface area (Å²) in [6.07, 6.45) is 12.0. The highest BCUT2D eigenvalue weighted by Gasteiger charge is 2.33. The van der Waals surface area contributed by atoms with E-state index in [0.717, 1.165) is 24.2 Å². The quantitative estimate of drug-likeness (QED) is 0.665. The van der Waals surface area contributed by atoms with Crippen LogP contribution in [0, 0.1) is 0 Å². The highest BCUT2D eigenvalue weighted by Crippen LogP contribution is 2.29. The Morgan fingerprint density at radius 3 is 2.78 bits per heavy atom. The maximum Gasteiger partial charge on any atom is 0.246 e. The first-order valence-electron chi connectivity index (χ1n) is 8.93. The number of sulfonamides is 1. The summed E-state index contributed by atoms with van der Waals surface area (Å²) in [5, 5.41) is 4.00. The molecule has 0 radical (unpaired) electrons. The van der Waals surface area contributed by atoms with Crippen molar-refractivity contribution in [2.75, 3.05) is 13.1 Å². The van der Waals surface area contributed by atoms with Crippen LogP contribution in [0.25, 0.3) is 0 Å². The molecule has 1 saturated heterocycles. The number of hydrogen-bond acceptors (Lipinski definition) is 5. The van der Waals surface area contributed by atoms with E-state index in [1.807, 2.05) is 18.3 Å². The molecular weight excluding hydrogens is 364 g/mol. The monoisotopic (exact) mass is 386 g/mol. The van der Waals surface area contributed by atoms with E-state index in [1.54, 1.807) is 36.1 Å². The van der Waals surface area contributed by atoms with Crippen LogP contribution >= 0.6 is 0 Å². The van der Waals surface area contributed by atoms with E-state index >= 15 is 0 Å². The molecule has 9 heteroatoms. The summed E-state index contributed by atoms with van der Waals surface area (Å²) in [5.74, 6) is 1.000. The lowest BCUT2D eigenvalue weighted by Gasteiger charge is -2.31. The van der Waals surface area contributed by atoms with Crippen LogP contribution in [0.15, 0.2) is 54.2 Å². The van der Waals surface area contributed by atoms with Crippen LogP contribution in [0.1, 0.15) is 30.1 Å². The summed E-state index contributed by atoms with van der Waals surface area (Å²) in [4.78, 5) is 8.83. The number of piperidine rings is 1. The van der Waals surface area contributed by atoms with Crippen molar-refractivity contribution in [3.63, 3.8) is 0 Å². The van der Waals surface area contributed by atoms with Crippen molar-refractivity contribution in [1.82, 2.24) is 28.6 Å². The van der Waals surface area contributed by atoms with E-state index in [0.29, 0.717) is 19.6 Å². The molecule has 0 aliphatic carbocycles. The molecule has 0 unspecified atom stereocenters. The highest BCUT2D eigenvalue weighted by atomic mass is 32.2. The lowest BCUT2D eigenvalue weighted by atomic mass is 9.98. The zero-order chi connectivity index (χ0) is 18.9. The summed E-state index contributed by atoms with van der Waals surface area (Å²) in [5.41, 5.74) is 1.14. The van der Waals surface area contributed by atoms with Crippen molar-refractivity contribution >= 4 is 10.0 Å². The standard InChI is InChI=1S/C18H22N6O2S/c1-22-14-17(11-21-22)27(25,26)24-9-2-3-16(13-24)18-20-8-10-23(18)12-15-4-6-19-7-5-15/h4-8,10-11,14,16H,2-3,9,12-13H2,1H3/t16-/m1/s1. The predicted octanol–water partition coefficient (Wildman–Crippen LogP) is 1.63. The molecule has 0 bridgehead atoms. The minimum Gasteiger partial charge on any atom is -0.330 e. The summed E-state index contributed by atoms with van der Waals surface area (Å²) in [6.45, 7) is 1.66. The minimum absolute atomic E-state index is 0.0713. The van der Waals surface area contributed by atoms with Gasteiger partial charge in [-0.05, 0) is 30.5 Å². The number of aromatic nitrogens is 5. The van der Waals surface area contributed by atoms with Crippen molar-refractivity contribution < 1.29 is 8.42 Å². The summed E-state index contributed by atoms with van der Waals surface area (Å²) < 4.78 is 31.0. The Hall–Kier alpha value is -2.52. The number of rotatable bonds is 5. The van der Waals surface area contributed by atoms with Crippen LogP contribution in [0.4, 0.5) is 0 Å². The third kappa shape index (κ3) is 3.65. The summed E-state index contributed by atoms with van der Waals surface area (Å²) in [6, 6.07) is 3.95. The molecule has 3 aromatic rings. The Morgan fingerprint density at radius 2 is 2.04 bits per heavy atom. The van der Waals surface area contributed by atoms with Gasteiger partial charge in [0.15, 0.2) is 0 Å². The van der Waals surface area contributed by atoms with Crippen molar-refractivity contribution in [2.45, 2.75) is 30.2 Å². The third-order valence-corrected chi connectivity index (χ3v) is 6.74. The number of hydrogen-bond donors (Lipinski definition) is 0. The lowest BCUT2D eigenvalue weighted by molar-refractivity contribution is 0.305. The van der Waals surface area contributed by atoms with Gasteiger partial charge in [0.05, 0.1) is 6.20 Å². The number of imidazole rings is 1. The molecule has 1 fully saturated rings. The molecule has 0 saturated carbocycles. The van der Waals surface area contributed by atoms with Gasteiger partial charge in [-0.25, -0.2) is 13.4 Å². The van der Waals surface area contributed by atoms with E-state index in [4.69, 9.17) is 0 Å². The molecule has 1 aliphatic rings. The lowest BCUT2D eigenvalue weighted by Crippen LogP contribution is -2.39. The highest BCUT2D eigenvalue weighted by molar-refractivity contribution is 7.89. The first-order chi connectivity index (χ1) is 13.0. The molecule has 0 aromatic carbocycles. The molecule has 0 spiro atoms.